The third-order valence-electron chi connectivity index (χ3n) is 5.28. The Morgan fingerprint density at radius 1 is 1.25 bits per heavy atom. The number of hydrogen-bond donors (Lipinski definition) is 2. The number of carbonyl (C=O) groups excluding carboxylic acids is 2. The van der Waals surface area contributed by atoms with E-state index in [2.05, 4.69) is 5.32 Å². The highest BCUT2D eigenvalue weighted by Crippen LogP contribution is 2.47. The van der Waals surface area contributed by atoms with Gasteiger partial charge in [-0.3, -0.25) is 19.2 Å². The van der Waals surface area contributed by atoms with Gasteiger partial charge in [0.05, 0.1) is 20.0 Å². The number of amides is 2. The predicted octanol–water partition coefficient (Wildman–Crippen LogP) is 2.94. The van der Waals surface area contributed by atoms with E-state index in [-0.39, 0.29) is 41.3 Å². The van der Waals surface area contributed by atoms with Gasteiger partial charge in [-0.25, -0.2) is 0 Å². The normalized spacial score (nSPS) is 24.8. The molecular weight excluding hydrogens is 509 g/mol. The molecule has 2 N–H and O–H groups in total. The quantitative estimate of drug-likeness (QED) is 0.478. The maximum absolute atomic E-state index is 12.7. The van der Waals surface area contributed by atoms with Gasteiger partial charge in [0.1, 0.15) is 16.2 Å². The highest BCUT2D eigenvalue weighted by atomic mass is 32.2. The number of thiophene rings is 2. The van der Waals surface area contributed by atoms with Crippen LogP contribution in [-0.4, -0.2) is 56.3 Å². The average Bonchev–Trinajstić information content (AvgIpc) is 3.44. The highest BCUT2D eigenvalue weighted by molar-refractivity contribution is 8.06. The fraction of sp³-hybridized carbons (Fsp3) is 0.300. The Bertz CT molecular complexity index is 1270. The summed E-state index contributed by atoms with van der Waals surface area (Å²) < 4.78 is 0.868. The van der Waals surface area contributed by atoms with Gasteiger partial charge in [-0.2, -0.15) is 0 Å². The zero-order valence-corrected chi connectivity index (χ0v) is 20.4. The minimum atomic E-state index is -1.25. The third kappa shape index (κ3) is 3.87. The number of nitrogens with one attached hydrogen (secondary N) is 1. The fourth-order valence-corrected chi connectivity index (χ4v) is 9.75. The second-order valence-corrected chi connectivity index (χ2v) is 13.2. The Kier molecular flexibility index (Phi) is 5.82. The molecule has 12 heteroatoms. The monoisotopic (exact) mass is 524 g/mol. The van der Waals surface area contributed by atoms with E-state index < -0.39 is 16.8 Å². The van der Waals surface area contributed by atoms with Gasteiger partial charge in [0, 0.05) is 23.2 Å². The summed E-state index contributed by atoms with van der Waals surface area (Å²) in [6, 6.07) is 6.45. The number of rotatable bonds is 6. The molecule has 2 unspecified atom stereocenters. The molecule has 3 atom stereocenters. The average molecular weight is 525 g/mol. The number of carboxylic acids is 1. The Morgan fingerprint density at radius 2 is 2.09 bits per heavy atom. The Balaban J connectivity index is 1.30. The molecule has 2 fully saturated rings. The lowest BCUT2D eigenvalue weighted by Crippen LogP contribution is -2.74. The molecule has 166 valence electrons. The topological polar surface area (TPSA) is 104 Å². The summed E-state index contributed by atoms with van der Waals surface area (Å²) in [6.45, 7) is 0.0311. The van der Waals surface area contributed by atoms with E-state index in [4.69, 9.17) is 0 Å². The number of fused-ring (bicyclic) bond motifs is 2. The summed E-state index contributed by atoms with van der Waals surface area (Å²) in [5, 5.41) is 16.3. The lowest BCUT2D eigenvalue weighted by Gasteiger charge is -2.53. The number of carboxylic acid groups (broad SMARTS) is 1. The van der Waals surface area contributed by atoms with E-state index in [1.54, 1.807) is 0 Å². The van der Waals surface area contributed by atoms with E-state index >= 15 is 0 Å². The molecule has 0 radical (unpaired) electrons. The standard InChI is InChI=1S/C20H16N2O5S5/c23-11-7-14(31-12-3-5-29-16(11)12)32-20(19(26)27)8-22-17(25)15(18(22)30-9-20)21-13(24)6-10-2-1-4-28-10/h1-5,7,15,18H,6,8-9H2,(H,21,24)(H,26,27)/t15?,18-,20?/m1/s1. The maximum atomic E-state index is 12.7. The summed E-state index contributed by atoms with van der Waals surface area (Å²) >= 11 is 6.74. The van der Waals surface area contributed by atoms with Crippen LogP contribution in [0.25, 0.3) is 9.40 Å². The van der Waals surface area contributed by atoms with E-state index in [1.165, 1.54) is 56.7 Å². The molecule has 5 heterocycles. The van der Waals surface area contributed by atoms with Gasteiger partial charge in [-0.05, 0) is 22.9 Å². The van der Waals surface area contributed by atoms with Crippen LogP contribution in [0.15, 0.2) is 44.0 Å². The third-order valence-corrected chi connectivity index (χ3v) is 11.5. The minimum absolute atomic E-state index is 0.0311. The molecule has 0 saturated carbocycles. The molecule has 2 aliphatic heterocycles. The number of carbonyl (C=O) groups is 3. The van der Waals surface area contributed by atoms with Gasteiger partial charge in [0.15, 0.2) is 5.43 Å². The van der Waals surface area contributed by atoms with Crippen molar-refractivity contribution in [3.05, 3.63) is 50.1 Å². The largest absolute Gasteiger partial charge is 0.480 e. The first-order chi connectivity index (χ1) is 15.4. The van der Waals surface area contributed by atoms with E-state index in [0.717, 1.165) is 21.3 Å². The van der Waals surface area contributed by atoms with Gasteiger partial charge in [0.2, 0.25) is 11.8 Å². The van der Waals surface area contributed by atoms with Crippen molar-refractivity contribution in [3.63, 3.8) is 0 Å². The number of hydrogen-bond acceptors (Lipinski definition) is 9. The summed E-state index contributed by atoms with van der Waals surface area (Å²) in [7, 11) is 0. The second kappa shape index (κ2) is 8.49. The smallest absolute Gasteiger partial charge is 0.322 e. The summed E-state index contributed by atoms with van der Waals surface area (Å²) in [5.74, 6) is -1.24. The molecule has 2 amide bonds. The van der Waals surface area contributed by atoms with Gasteiger partial charge in [-0.1, -0.05) is 17.8 Å². The van der Waals surface area contributed by atoms with Crippen LogP contribution in [0.3, 0.4) is 0 Å². The molecule has 0 spiro atoms. The van der Waals surface area contributed by atoms with Gasteiger partial charge < -0.3 is 15.3 Å². The first-order valence-corrected chi connectivity index (χ1v) is 14.0. The van der Waals surface area contributed by atoms with Crippen molar-refractivity contribution >= 4 is 84.7 Å². The van der Waals surface area contributed by atoms with Gasteiger partial charge >= 0.3 is 5.97 Å². The van der Waals surface area contributed by atoms with E-state index in [1.807, 2.05) is 29.0 Å². The molecule has 32 heavy (non-hydrogen) atoms. The molecule has 0 bridgehead atoms. The van der Waals surface area contributed by atoms with E-state index in [0.29, 0.717) is 8.91 Å². The van der Waals surface area contributed by atoms with Crippen LogP contribution in [0, 0.1) is 0 Å². The highest BCUT2D eigenvalue weighted by Gasteiger charge is 2.58. The molecule has 0 aromatic carbocycles. The summed E-state index contributed by atoms with van der Waals surface area (Å²) in [5.41, 5.74) is -0.119. The minimum Gasteiger partial charge on any atom is -0.480 e. The molecular formula is C20H16N2O5S5. The second-order valence-electron chi connectivity index (χ2n) is 7.41. The van der Waals surface area contributed by atoms with Crippen LogP contribution in [0.1, 0.15) is 4.88 Å². The number of nitrogens with zero attached hydrogens (tertiary/aromatic N) is 1. The van der Waals surface area contributed by atoms with Crippen LogP contribution in [-0.2, 0) is 20.8 Å². The first-order valence-electron chi connectivity index (χ1n) is 9.54. The number of β-lactam (4-membered cyclic amide) rings is 1. The maximum Gasteiger partial charge on any atom is 0.322 e. The zero-order chi connectivity index (χ0) is 22.5. The van der Waals surface area contributed by atoms with Crippen LogP contribution >= 0.6 is 57.5 Å². The van der Waals surface area contributed by atoms with Crippen molar-refractivity contribution in [3.8, 4) is 0 Å². The molecule has 3 aromatic rings. The zero-order valence-electron chi connectivity index (χ0n) is 16.3. The SMILES string of the molecule is O=C(Cc1cccs1)NC1C(=O)N2CC(Sc3cc(=O)c4sccc4s3)(C(=O)O)CS[C@H]12. The molecule has 2 aliphatic rings. The molecule has 5 rings (SSSR count). The first kappa shape index (κ1) is 22.0. The van der Waals surface area contributed by atoms with Gasteiger partial charge in [0.25, 0.3) is 0 Å². The van der Waals surface area contributed by atoms with Crippen molar-refractivity contribution in [1.82, 2.24) is 10.2 Å². The van der Waals surface area contributed by atoms with Crippen LogP contribution < -0.4 is 10.7 Å². The van der Waals surface area contributed by atoms with Crippen molar-refractivity contribution in [2.24, 2.45) is 0 Å². The Labute approximate surface area is 202 Å². The van der Waals surface area contributed by atoms with Crippen molar-refractivity contribution < 1.29 is 19.5 Å². The predicted molar refractivity (Wildman–Crippen MR) is 130 cm³/mol. The molecule has 2 saturated heterocycles. The van der Waals surface area contributed by atoms with Crippen LogP contribution in [0.4, 0.5) is 0 Å². The molecule has 0 aliphatic carbocycles. The Morgan fingerprint density at radius 3 is 2.84 bits per heavy atom. The summed E-state index contributed by atoms with van der Waals surface area (Å²) in [4.78, 5) is 52.2. The molecule has 7 nitrogen and oxygen atoms in total. The van der Waals surface area contributed by atoms with Crippen molar-refractivity contribution in [2.45, 2.75) is 26.8 Å². The van der Waals surface area contributed by atoms with Crippen LogP contribution in [0.2, 0.25) is 0 Å². The lowest BCUT2D eigenvalue weighted by molar-refractivity contribution is -0.152. The lowest BCUT2D eigenvalue weighted by atomic mass is 10.0. The summed E-state index contributed by atoms with van der Waals surface area (Å²) in [6.07, 6.45) is 0.220. The van der Waals surface area contributed by atoms with Gasteiger partial charge in [-0.15, -0.1) is 45.8 Å². The van der Waals surface area contributed by atoms with Crippen LogP contribution in [0.5, 0.6) is 0 Å². The van der Waals surface area contributed by atoms with Crippen molar-refractivity contribution in [1.29, 1.82) is 0 Å². The van der Waals surface area contributed by atoms with Crippen molar-refractivity contribution in [2.75, 3.05) is 12.3 Å². The Hall–Kier alpha value is -1.86. The fourth-order valence-electron chi connectivity index (χ4n) is 3.69. The number of aliphatic carboxylic acids is 1. The van der Waals surface area contributed by atoms with E-state index in [9.17, 15) is 24.3 Å². The number of thioether (sulfide) groups is 2. The molecule has 3 aromatic heterocycles.